The Morgan fingerprint density at radius 1 is 1.42 bits per heavy atom. The Bertz CT molecular complexity index is 342. The molecule has 0 aromatic rings. The van der Waals surface area contributed by atoms with Crippen molar-refractivity contribution in [1.82, 2.24) is 10.2 Å². The van der Waals surface area contributed by atoms with E-state index in [9.17, 15) is 14.7 Å². The zero-order chi connectivity index (χ0) is 14.6. The van der Waals surface area contributed by atoms with Gasteiger partial charge in [0, 0.05) is 13.1 Å². The van der Waals surface area contributed by atoms with Crippen LogP contribution in [-0.2, 0) is 4.79 Å². The van der Waals surface area contributed by atoms with Crippen LogP contribution in [0.15, 0.2) is 0 Å². The summed E-state index contributed by atoms with van der Waals surface area (Å²) < 4.78 is 0. The summed E-state index contributed by atoms with van der Waals surface area (Å²) in [6.07, 6.45) is 1.44. The summed E-state index contributed by atoms with van der Waals surface area (Å²) in [5, 5.41) is 21.6. The molecule has 2 unspecified atom stereocenters. The summed E-state index contributed by atoms with van der Waals surface area (Å²) in [6.45, 7) is 6.35. The van der Waals surface area contributed by atoms with Gasteiger partial charge in [0.2, 0.25) is 0 Å². The van der Waals surface area contributed by atoms with Crippen LogP contribution in [0.2, 0.25) is 0 Å². The number of rotatable bonds is 4. The summed E-state index contributed by atoms with van der Waals surface area (Å²) in [5.41, 5.74) is -0.847. The molecule has 1 rings (SSSR count). The van der Waals surface area contributed by atoms with Crippen LogP contribution in [0.3, 0.4) is 0 Å². The van der Waals surface area contributed by atoms with E-state index >= 15 is 0 Å². The monoisotopic (exact) mass is 272 g/mol. The number of carbonyl (C=O) groups excluding carboxylic acids is 1. The average Bonchev–Trinajstić information content (AvgIpc) is 2.26. The van der Waals surface area contributed by atoms with Crippen LogP contribution in [0.25, 0.3) is 0 Å². The third-order valence-corrected chi connectivity index (χ3v) is 3.56. The van der Waals surface area contributed by atoms with E-state index in [1.165, 1.54) is 0 Å². The zero-order valence-electron chi connectivity index (χ0n) is 11.8. The number of carboxylic acids is 1. The lowest BCUT2D eigenvalue weighted by Crippen LogP contribution is -2.52. The summed E-state index contributed by atoms with van der Waals surface area (Å²) in [6, 6.07) is -0.299. The molecule has 0 spiro atoms. The van der Waals surface area contributed by atoms with Crippen molar-refractivity contribution in [3.63, 3.8) is 0 Å². The van der Waals surface area contributed by atoms with Crippen molar-refractivity contribution in [2.45, 2.75) is 39.2 Å². The fourth-order valence-corrected chi connectivity index (χ4v) is 2.31. The molecule has 1 aliphatic rings. The van der Waals surface area contributed by atoms with E-state index < -0.39 is 17.5 Å². The molecule has 19 heavy (non-hydrogen) atoms. The van der Waals surface area contributed by atoms with Crippen LogP contribution in [0.1, 0.15) is 33.6 Å². The van der Waals surface area contributed by atoms with Gasteiger partial charge in [0.05, 0.1) is 18.1 Å². The highest BCUT2D eigenvalue weighted by molar-refractivity contribution is 5.76. The van der Waals surface area contributed by atoms with Gasteiger partial charge in [0.15, 0.2) is 0 Å². The first-order valence-corrected chi connectivity index (χ1v) is 6.71. The number of amides is 2. The molecular formula is C13H24N2O4. The van der Waals surface area contributed by atoms with E-state index in [1.54, 1.807) is 11.8 Å². The number of aliphatic hydroxyl groups is 1. The number of nitrogens with zero attached hydrogens (tertiary/aromatic N) is 1. The standard InChI is InChI=1S/C13H24N2O4/c1-9(2)10(11(16)17)7-14-12(18)15-6-4-5-13(3,19)8-15/h9-10,19H,4-8H2,1-3H3,(H,14,18)(H,16,17). The lowest BCUT2D eigenvalue weighted by Gasteiger charge is -2.37. The van der Waals surface area contributed by atoms with E-state index in [4.69, 9.17) is 5.11 Å². The SMILES string of the molecule is CC(C)C(CNC(=O)N1CCCC(C)(O)C1)C(=O)O. The second-order valence-electron chi connectivity index (χ2n) is 5.90. The van der Waals surface area contributed by atoms with Crippen LogP contribution in [-0.4, -0.2) is 52.3 Å². The molecule has 0 bridgehead atoms. The van der Waals surface area contributed by atoms with Crippen LogP contribution >= 0.6 is 0 Å². The first-order valence-electron chi connectivity index (χ1n) is 6.71. The third kappa shape index (κ3) is 4.70. The van der Waals surface area contributed by atoms with E-state index in [-0.39, 0.29) is 25.0 Å². The topological polar surface area (TPSA) is 89.9 Å². The normalized spacial score (nSPS) is 25.2. The fourth-order valence-electron chi connectivity index (χ4n) is 2.31. The van der Waals surface area contributed by atoms with Gasteiger partial charge in [-0.25, -0.2) is 4.79 Å². The predicted octanol–water partition coefficient (Wildman–Crippen LogP) is 0.900. The molecule has 0 aliphatic carbocycles. The number of β-amino-alcohol motifs (C(OH)–C–C–N with tert-alkyl or cyclic N) is 1. The van der Waals surface area contributed by atoms with Gasteiger partial charge in [-0.05, 0) is 25.7 Å². The maximum Gasteiger partial charge on any atom is 0.317 e. The Labute approximate surface area is 113 Å². The number of hydrogen-bond acceptors (Lipinski definition) is 3. The molecule has 1 saturated heterocycles. The van der Waals surface area contributed by atoms with Gasteiger partial charge in [-0.15, -0.1) is 0 Å². The van der Waals surface area contributed by atoms with Gasteiger partial charge in [-0.3, -0.25) is 4.79 Å². The lowest BCUT2D eigenvalue weighted by atomic mass is 9.95. The summed E-state index contributed by atoms with van der Waals surface area (Å²) >= 11 is 0. The Morgan fingerprint density at radius 2 is 2.05 bits per heavy atom. The summed E-state index contributed by atoms with van der Waals surface area (Å²) in [5.74, 6) is -1.53. The molecule has 6 nitrogen and oxygen atoms in total. The molecule has 110 valence electrons. The fraction of sp³-hybridized carbons (Fsp3) is 0.846. The van der Waals surface area contributed by atoms with Crippen molar-refractivity contribution in [2.24, 2.45) is 11.8 Å². The highest BCUT2D eigenvalue weighted by Crippen LogP contribution is 2.20. The number of carboxylic acid groups (broad SMARTS) is 1. The Kier molecular flexibility index (Phi) is 5.17. The van der Waals surface area contributed by atoms with Crippen molar-refractivity contribution in [3.8, 4) is 0 Å². The smallest absolute Gasteiger partial charge is 0.317 e. The Hall–Kier alpha value is -1.30. The maximum absolute atomic E-state index is 11.9. The van der Waals surface area contributed by atoms with Gasteiger partial charge in [0.25, 0.3) is 0 Å². The predicted molar refractivity (Wildman–Crippen MR) is 70.8 cm³/mol. The molecule has 1 fully saturated rings. The highest BCUT2D eigenvalue weighted by atomic mass is 16.4. The number of likely N-dealkylation sites (tertiary alicyclic amines) is 1. The molecule has 0 aromatic heterocycles. The molecule has 1 aliphatic heterocycles. The van der Waals surface area contributed by atoms with Crippen molar-refractivity contribution < 1.29 is 19.8 Å². The lowest BCUT2D eigenvalue weighted by molar-refractivity contribution is -0.142. The van der Waals surface area contributed by atoms with Gasteiger partial charge < -0.3 is 20.4 Å². The Balaban J connectivity index is 2.48. The maximum atomic E-state index is 11.9. The number of urea groups is 1. The van der Waals surface area contributed by atoms with E-state index in [0.717, 1.165) is 6.42 Å². The van der Waals surface area contributed by atoms with Crippen molar-refractivity contribution >= 4 is 12.0 Å². The quantitative estimate of drug-likeness (QED) is 0.709. The number of nitrogens with one attached hydrogen (secondary N) is 1. The average molecular weight is 272 g/mol. The third-order valence-electron chi connectivity index (χ3n) is 3.56. The number of hydrogen-bond donors (Lipinski definition) is 3. The molecule has 0 saturated carbocycles. The molecule has 2 amide bonds. The number of carbonyl (C=O) groups is 2. The van der Waals surface area contributed by atoms with Crippen molar-refractivity contribution in [2.75, 3.05) is 19.6 Å². The molecule has 3 N–H and O–H groups in total. The van der Waals surface area contributed by atoms with Crippen molar-refractivity contribution in [3.05, 3.63) is 0 Å². The molecular weight excluding hydrogens is 248 g/mol. The van der Waals surface area contributed by atoms with Crippen molar-refractivity contribution in [1.29, 1.82) is 0 Å². The number of aliphatic carboxylic acids is 1. The van der Waals surface area contributed by atoms with E-state index in [0.29, 0.717) is 13.0 Å². The molecule has 6 heteroatoms. The van der Waals surface area contributed by atoms with E-state index in [2.05, 4.69) is 5.32 Å². The van der Waals surface area contributed by atoms with Gasteiger partial charge in [-0.2, -0.15) is 0 Å². The number of piperidine rings is 1. The minimum Gasteiger partial charge on any atom is -0.481 e. The minimum atomic E-state index is -0.902. The van der Waals surface area contributed by atoms with Gasteiger partial charge >= 0.3 is 12.0 Å². The van der Waals surface area contributed by atoms with Crippen LogP contribution in [0, 0.1) is 11.8 Å². The molecule has 0 radical (unpaired) electrons. The summed E-state index contributed by atoms with van der Waals surface area (Å²) in [7, 11) is 0. The molecule has 2 atom stereocenters. The van der Waals surface area contributed by atoms with E-state index in [1.807, 2.05) is 13.8 Å². The largest absolute Gasteiger partial charge is 0.481 e. The van der Waals surface area contributed by atoms with Gasteiger partial charge in [-0.1, -0.05) is 13.8 Å². The second-order valence-corrected chi connectivity index (χ2v) is 5.90. The minimum absolute atomic E-state index is 0.0396. The first-order chi connectivity index (χ1) is 8.73. The Morgan fingerprint density at radius 3 is 2.53 bits per heavy atom. The summed E-state index contributed by atoms with van der Waals surface area (Å²) in [4.78, 5) is 24.5. The highest BCUT2D eigenvalue weighted by Gasteiger charge is 2.31. The molecule has 1 heterocycles. The van der Waals surface area contributed by atoms with Crippen LogP contribution < -0.4 is 5.32 Å². The van der Waals surface area contributed by atoms with Crippen LogP contribution in [0.5, 0.6) is 0 Å². The second kappa shape index (κ2) is 6.23. The van der Waals surface area contributed by atoms with Crippen LogP contribution in [0.4, 0.5) is 4.79 Å². The molecule has 0 aromatic carbocycles. The van der Waals surface area contributed by atoms with Gasteiger partial charge in [0.1, 0.15) is 0 Å². The first kappa shape index (κ1) is 15.8. The zero-order valence-corrected chi connectivity index (χ0v) is 11.8.